The Balaban J connectivity index is 1.33. The largest absolute Gasteiger partial charge is 0.491 e. The van der Waals surface area contributed by atoms with Crippen molar-refractivity contribution in [2.75, 3.05) is 13.2 Å². The highest BCUT2D eigenvalue weighted by atomic mass is 19.1. The van der Waals surface area contributed by atoms with E-state index in [1.54, 1.807) is 30.3 Å². The molecular formula is C23H20F2N2O3. The highest BCUT2D eigenvalue weighted by Crippen LogP contribution is 2.30. The number of halogens is 2. The second-order valence-corrected chi connectivity index (χ2v) is 6.92. The Bertz CT molecular complexity index is 1130. The van der Waals surface area contributed by atoms with E-state index in [0.717, 1.165) is 11.1 Å². The molecule has 4 aromatic rings. The molecule has 0 aliphatic rings. The number of fused-ring (bicyclic) bond motifs is 1. The molecule has 0 aliphatic heterocycles. The van der Waals surface area contributed by atoms with Crippen LogP contribution in [0.2, 0.25) is 0 Å². The number of nitrogens with one attached hydrogen (secondary N) is 1. The van der Waals surface area contributed by atoms with Crippen LogP contribution in [0, 0.1) is 11.6 Å². The van der Waals surface area contributed by atoms with E-state index in [9.17, 15) is 13.9 Å². The van der Waals surface area contributed by atoms with Gasteiger partial charge in [0.15, 0.2) is 5.58 Å². The average molecular weight is 410 g/mol. The zero-order chi connectivity index (χ0) is 20.9. The molecule has 5 nitrogen and oxygen atoms in total. The second-order valence-electron chi connectivity index (χ2n) is 6.92. The molecule has 154 valence electrons. The topological polar surface area (TPSA) is 67.5 Å². The maximum Gasteiger partial charge on any atom is 0.170 e. The van der Waals surface area contributed by atoms with Gasteiger partial charge in [-0.1, -0.05) is 29.4 Å². The number of aromatic nitrogens is 1. The zero-order valence-corrected chi connectivity index (χ0v) is 16.0. The molecule has 3 aromatic carbocycles. The van der Waals surface area contributed by atoms with Crippen LogP contribution in [0.25, 0.3) is 22.2 Å². The summed E-state index contributed by atoms with van der Waals surface area (Å²) in [7, 11) is 0. The van der Waals surface area contributed by atoms with Crippen molar-refractivity contribution < 1.29 is 23.1 Å². The first-order chi connectivity index (χ1) is 14.6. The third kappa shape index (κ3) is 4.82. The number of aliphatic hydroxyl groups excluding tert-OH is 1. The van der Waals surface area contributed by atoms with Gasteiger partial charge in [-0.3, -0.25) is 0 Å². The molecule has 1 unspecified atom stereocenters. The third-order valence-corrected chi connectivity index (χ3v) is 4.61. The molecule has 1 atom stereocenters. The van der Waals surface area contributed by atoms with Crippen LogP contribution in [0.3, 0.4) is 0 Å². The smallest absolute Gasteiger partial charge is 0.170 e. The fourth-order valence-electron chi connectivity index (χ4n) is 3.09. The van der Waals surface area contributed by atoms with Crippen LogP contribution in [0.4, 0.5) is 8.78 Å². The molecule has 0 bridgehead atoms. The van der Waals surface area contributed by atoms with Crippen molar-refractivity contribution in [1.82, 2.24) is 10.5 Å². The summed E-state index contributed by atoms with van der Waals surface area (Å²) in [6.45, 7) is 0.952. The highest BCUT2D eigenvalue weighted by molar-refractivity contribution is 5.91. The van der Waals surface area contributed by atoms with E-state index < -0.39 is 6.10 Å². The van der Waals surface area contributed by atoms with E-state index in [1.165, 1.54) is 24.3 Å². The molecule has 7 heteroatoms. The molecule has 0 fully saturated rings. The van der Waals surface area contributed by atoms with Crippen LogP contribution in [0.1, 0.15) is 5.56 Å². The molecule has 30 heavy (non-hydrogen) atoms. The van der Waals surface area contributed by atoms with Crippen LogP contribution in [0.5, 0.6) is 5.75 Å². The molecule has 1 heterocycles. The number of rotatable bonds is 8. The van der Waals surface area contributed by atoms with Gasteiger partial charge in [0, 0.05) is 30.1 Å². The molecule has 2 N–H and O–H groups in total. The number of hydrogen-bond donors (Lipinski definition) is 2. The normalized spacial score (nSPS) is 12.2. The Kier molecular flexibility index (Phi) is 6.02. The first kappa shape index (κ1) is 20.0. The predicted molar refractivity (Wildman–Crippen MR) is 109 cm³/mol. The maximum atomic E-state index is 13.3. The minimum Gasteiger partial charge on any atom is -0.491 e. The monoisotopic (exact) mass is 410 g/mol. The molecular weight excluding hydrogens is 390 g/mol. The van der Waals surface area contributed by atoms with E-state index in [2.05, 4.69) is 10.5 Å². The van der Waals surface area contributed by atoms with Crippen molar-refractivity contribution in [1.29, 1.82) is 0 Å². The fourth-order valence-corrected chi connectivity index (χ4v) is 3.09. The van der Waals surface area contributed by atoms with Crippen molar-refractivity contribution in [3.63, 3.8) is 0 Å². The van der Waals surface area contributed by atoms with E-state index in [0.29, 0.717) is 35.5 Å². The van der Waals surface area contributed by atoms with Crippen LogP contribution in [-0.4, -0.2) is 29.5 Å². The molecule has 0 aliphatic carbocycles. The summed E-state index contributed by atoms with van der Waals surface area (Å²) in [5.41, 5.74) is 2.66. The number of benzene rings is 3. The van der Waals surface area contributed by atoms with Gasteiger partial charge < -0.3 is 19.7 Å². The summed E-state index contributed by atoms with van der Waals surface area (Å²) in [5.74, 6) is -0.0900. The summed E-state index contributed by atoms with van der Waals surface area (Å²) in [5, 5.41) is 18.0. The third-order valence-electron chi connectivity index (χ3n) is 4.61. The van der Waals surface area contributed by atoms with Crippen molar-refractivity contribution in [3.8, 4) is 17.0 Å². The van der Waals surface area contributed by atoms with Crippen LogP contribution >= 0.6 is 0 Å². The molecule has 0 saturated heterocycles. The van der Waals surface area contributed by atoms with Crippen LogP contribution in [0.15, 0.2) is 71.3 Å². The standard InChI is InChI=1S/C23H20F2N2O3/c24-17-6-4-15(5-7-17)12-26-13-19(28)14-29-20-3-1-2-16(10-20)23-21-9-8-18(25)11-22(21)30-27-23/h1-11,19,26,28H,12-14H2. The Morgan fingerprint density at radius 2 is 1.80 bits per heavy atom. The SMILES string of the molecule is OC(CNCc1ccc(F)cc1)COc1cccc(-c2noc3cc(F)ccc23)c1. The summed E-state index contributed by atoms with van der Waals surface area (Å²) in [6.07, 6.45) is -0.718. The molecule has 4 rings (SSSR count). The quantitative estimate of drug-likeness (QED) is 0.453. The zero-order valence-electron chi connectivity index (χ0n) is 16.0. The van der Waals surface area contributed by atoms with Crippen molar-refractivity contribution >= 4 is 11.0 Å². The minimum absolute atomic E-state index is 0.102. The average Bonchev–Trinajstić information content (AvgIpc) is 3.17. The van der Waals surface area contributed by atoms with Gasteiger partial charge in [0.25, 0.3) is 0 Å². The van der Waals surface area contributed by atoms with Crippen molar-refractivity contribution in [2.24, 2.45) is 0 Å². The number of ether oxygens (including phenoxy) is 1. The first-order valence-electron chi connectivity index (χ1n) is 9.50. The van der Waals surface area contributed by atoms with Gasteiger partial charge in [0.2, 0.25) is 0 Å². The van der Waals surface area contributed by atoms with E-state index in [-0.39, 0.29) is 18.2 Å². The summed E-state index contributed by atoms with van der Waals surface area (Å²) < 4.78 is 37.2. The molecule has 0 saturated carbocycles. The maximum absolute atomic E-state index is 13.3. The van der Waals surface area contributed by atoms with Gasteiger partial charge in [-0.2, -0.15) is 0 Å². The fraction of sp³-hybridized carbons (Fsp3) is 0.174. The summed E-state index contributed by atoms with van der Waals surface area (Å²) in [4.78, 5) is 0. The van der Waals surface area contributed by atoms with Crippen LogP contribution < -0.4 is 10.1 Å². The van der Waals surface area contributed by atoms with E-state index in [4.69, 9.17) is 9.26 Å². The second kappa shape index (κ2) is 9.02. The number of nitrogens with zero attached hydrogens (tertiary/aromatic N) is 1. The lowest BCUT2D eigenvalue weighted by molar-refractivity contribution is 0.106. The van der Waals surface area contributed by atoms with Gasteiger partial charge in [-0.25, -0.2) is 8.78 Å². The number of aliphatic hydroxyl groups is 1. The molecule has 0 spiro atoms. The van der Waals surface area contributed by atoms with Crippen LogP contribution in [-0.2, 0) is 6.54 Å². The number of hydrogen-bond acceptors (Lipinski definition) is 5. The Morgan fingerprint density at radius 1 is 1.00 bits per heavy atom. The lowest BCUT2D eigenvalue weighted by Crippen LogP contribution is -2.31. The van der Waals surface area contributed by atoms with Gasteiger partial charge in [0.1, 0.15) is 35.8 Å². The molecule has 0 radical (unpaired) electrons. The van der Waals surface area contributed by atoms with E-state index >= 15 is 0 Å². The lowest BCUT2D eigenvalue weighted by Gasteiger charge is -2.14. The summed E-state index contributed by atoms with van der Waals surface area (Å²) in [6, 6.07) is 17.7. The van der Waals surface area contributed by atoms with Gasteiger partial charge in [-0.05, 0) is 42.0 Å². The van der Waals surface area contributed by atoms with Gasteiger partial charge >= 0.3 is 0 Å². The summed E-state index contributed by atoms with van der Waals surface area (Å²) >= 11 is 0. The first-order valence-corrected chi connectivity index (χ1v) is 9.50. The molecule has 0 amide bonds. The van der Waals surface area contributed by atoms with Gasteiger partial charge in [-0.15, -0.1) is 0 Å². The van der Waals surface area contributed by atoms with Crippen molar-refractivity contribution in [2.45, 2.75) is 12.6 Å². The lowest BCUT2D eigenvalue weighted by atomic mass is 10.1. The minimum atomic E-state index is -0.718. The molecule has 1 aromatic heterocycles. The Labute approximate surface area is 171 Å². The predicted octanol–water partition coefficient (Wildman–Crippen LogP) is 4.30. The van der Waals surface area contributed by atoms with Crippen molar-refractivity contribution in [3.05, 3.63) is 83.9 Å². The van der Waals surface area contributed by atoms with E-state index in [1.807, 2.05) is 12.1 Å². The highest BCUT2D eigenvalue weighted by Gasteiger charge is 2.12. The Morgan fingerprint density at radius 3 is 2.63 bits per heavy atom. The Hall–Kier alpha value is -3.29. The van der Waals surface area contributed by atoms with Gasteiger partial charge in [0.05, 0.1) is 0 Å².